The minimum absolute atomic E-state index is 0.0881. The third-order valence-electron chi connectivity index (χ3n) is 8.45. The number of nitrogens with zero attached hydrogens (tertiary/aromatic N) is 5. The molecule has 14 heteroatoms. The van der Waals surface area contributed by atoms with Crippen LogP contribution in [0.5, 0.6) is 11.5 Å². The summed E-state index contributed by atoms with van der Waals surface area (Å²) < 4.78 is 53.0. The van der Waals surface area contributed by atoms with Crippen LogP contribution in [-0.2, 0) is 28.6 Å². The Morgan fingerprint density at radius 1 is 1.16 bits per heavy atom. The Labute approximate surface area is 256 Å². The van der Waals surface area contributed by atoms with Crippen LogP contribution in [-0.4, -0.2) is 69.1 Å². The van der Waals surface area contributed by atoms with Gasteiger partial charge in [0, 0.05) is 51.2 Å². The molecule has 3 aliphatic rings. The Hall–Kier alpha value is -4.88. The number of hydrogen-bond acceptors (Lipinski definition) is 8. The van der Waals surface area contributed by atoms with Crippen LogP contribution in [0, 0.1) is 0 Å². The van der Waals surface area contributed by atoms with Gasteiger partial charge in [0.15, 0.2) is 17.2 Å². The molecule has 11 nitrogen and oxygen atoms in total. The van der Waals surface area contributed by atoms with Gasteiger partial charge in [-0.1, -0.05) is 12.6 Å². The lowest BCUT2D eigenvalue weighted by atomic mass is 9.94. The lowest BCUT2D eigenvalue weighted by Crippen LogP contribution is -2.46. The topological polar surface area (TPSA) is 133 Å². The maximum Gasteiger partial charge on any atom is 0.437 e. The maximum absolute atomic E-state index is 14.0. The molecule has 3 aromatic rings. The van der Waals surface area contributed by atoms with Gasteiger partial charge in [0.05, 0.1) is 35.8 Å². The molecule has 1 saturated carbocycles. The third kappa shape index (κ3) is 5.38. The molecule has 1 aromatic carbocycles. The van der Waals surface area contributed by atoms with E-state index in [2.05, 4.69) is 11.6 Å². The van der Waals surface area contributed by atoms with Crippen LogP contribution >= 0.6 is 0 Å². The molecule has 45 heavy (non-hydrogen) atoms. The van der Waals surface area contributed by atoms with Crippen molar-refractivity contribution in [2.75, 3.05) is 32.5 Å². The van der Waals surface area contributed by atoms with Gasteiger partial charge in [-0.25, -0.2) is 9.67 Å². The fraction of sp³-hybridized carbons (Fsp3) is 0.387. The van der Waals surface area contributed by atoms with Gasteiger partial charge in [0.25, 0.3) is 5.91 Å². The molecule has 1 fully saturated rings. The molecular weight excluding hydrogens is 593 g/mol. The quantitative estimate of drug-likeness (QED) is 0.247. The number of methoxy groups -OCH3 is 1. The molecular formula is C31H31F3N6O5. The van der Waals surface area contributed by atoms with E-state index < -0.39 is 41.2 Å². The number of anilines is 1. The van der Waals surface area contributed by atoms with Gasteiger partial charge in [-0.2, -0.15) is 18.3 Å². The van der Waals surface area contributed by atoms with Gasteiger partial charge in [-0.15, -0.1) is 0 Å². The van der Waals surface area contributed by atoms with Crippen LogP contribution in [0.3, 0.4) is 0 Å². The Bertz CT molecular complexity index is 1730. The van der Waals surface area contributed by atoms with E-state index in [9.17, 15) is 27.6 Å². The van der Waals surface area contributed by atoms with Crippen molar-refractivity contribution in [3.63, 3.8) is 0 Å². The van der Waals surface area contributed by atoms with Crippen LogP contribution in [0.25, 0.3) is 5.69 Å². The van der Waals surface area contributed by atoms with Crippen LogP contribution in [0.4, 0.5) is 18.9 Å². The summed E-state index contributed by atoms with van der Waals surface area (Å²) in [4.78, 5) is 45.4. The summed E-state index contributed by atoms with van der Waals surface area (Å²) in [6.07, 6.45) is -0.0383. The number of benzene rings is 1. The highest BCUT2D eigenvalue weighted by Gasteiger charge is 2.43. The fourth-order valence-corrected chi connectivity index (χ4v) is 6.22. The molecule has 0 bridgehead atoms. The lowest BCUT2D eigenvalue weighted by Gasteiger charge is -2.38. The average molecular weight is 625 g/mol. The first-order valence-corrected chi connectivity index (χ1v) is 14.5. The molecule has 6 rings (SSSR count). The summed E-state index contributed by atoms with van der Waals surface area (Å²) in [7, 11) is 1.02. The number of aromatic nitrogens is 3. The largest absolute Gasteiger partial charge is 0.492 e. The summed E-state index contributed by atoms with van der Waals surface area (Å²) in [5.41, 5.74) is 7.78. The van der Waals surface area contributed by atoms with E-state index in [1.165, 1.54) is 17.9 Å². The van der Waals surface area contributed by atoms with E-state index in [1.54, 1.807) is 9.58 Å². The van der Waals surface area contributed by atoms with Crippen LogP contribution in [0.1, 0.15) is 70.3 Å². The van der Waals surface area contributed by atoms with Crippen molar-refractivity contribution >= 4 is 23.5 Å². The molecule has 1 aliphatic carbocycles. The number of esters is 1. The molecule has 236 valence electrons. The zero-order valence-electron chi connectivity index (χ0n) is 24.7. The predicted molar refractivity (Wildman–Crippen MR) is 155 cm³/mol. The number of nitrogen functional groups attached to an aromatic ring is 1. The second-order valence-corrected chi connectivity index (χ2v) is 11.3. The van der Waals surface area contributed by atoms with Crippen LogP contribution in [0.2, 0.25) is 0 Å². The van der Waals surface area contributed by atoms with Gasteiger partial charge >= 0.3 is 12.1 Å². The number of amides is 2. The maximum atomic E-state index is 14.0. The van der Waals surface area contributed by atoms with Crippen molar-refractivity contribution in [1.29, 1.82) is 0 Å². The summed E-state index contributed by atoms with van der Waals surface area (Å²) in [6.45, 7) is 5.43. The Morgan fingerprint density at radius 3 is 2.56 bits per heavy atom. The number of halogens is 3. The standard InChI is InChI=1S/C31H31F3N6O5/c1-4-25(42)38-11-9-20-26-22(40(37-20)21-8-7-18(17-5-6-17)13-24(21)45-16(2)41)10-12-39(23(26)15-38)30(43)19-14-36-29(31(32,33)34)28(44-3)27(19)35/h4,7-8,13-14,17,23H,1,5-6,9-12,15H2,2-3H3,(H2,35,36). The Morgan fingerprint density at radius 2 is 1.91 bits per heavy atom. The number of ether oxygens (including phenoxy) is 2. The van der Waals surface area contributed by atoms with Gasteiger partial charge in [0.1, 0.15) is 5.69 Å². The highest BCUT2D eigenvalue weighted by atomic mass is 19.4. The Balaban J connectivity index is 1.45. The predicted octanol–water partition coefficient (Wildman–Crippen LogP) is 3.99. The zero-order chi connectivity index (χ0) is 32.2. The minimum atomic E-state index is -4.85. The van der Waals surface area contributed by atoms with Gasteiger partial charge in [-0.05, 0) is 42.5 Å². The number of hydrogen-bond donors (Lipinski definition) is 1. The highest BCUT2D eigenvalue weighted by molar-refractivity contribution is 6.00. The number of carbonyl (C=O) groups is 3. The van der Waals surface area contributed by atoms with Gasteiger partial charge in [-0.3, -0.25) is 14.4 Å². The van der Waals surface area contributed by atoms with E-state index in [4.69, 9.17) is 20.3 Å². The van der Waals surface area contributed by atoms with E-state index in [1.807, 2.05) is 18.2 Å². The minimum Gasteiger partial charge on any atom is -0.492 e. The first-order chi connectivity index (χ1) is 21.4. The molecule has 2 amide bonds. The molecule has 0 saturated heterocycles. The second kappa shape index (κ2) is 11.2. The fourth-order valence-electron chi connectivity index (χ4n) is 6.22. The summed E-state index contributed by atoms with van der Waals surface area (Å²) >= 11 is 0. The SMILES string of the molecule is C=CC(=O)N1CCc2nn(-c3ccc(C4CC4)cc3OC(C)=O)c3c2C(C1)N(C(=O)c1cnc(C(F)(F)F)c(OC)c1N)CC3. The molecule has 1 atom stereocenters. The highest BCUT2D eigenvalue weighted by Crippen LogP contribution is 2.44. The van der Waals surface area contributed by atoms with Crippen molar-refractivity contribution < 1.29 is 37.0 Å². The normalized spacial score (nSPS) is 17.8. The monoisotopic (exact) mass is 624 g/mol. The first kappa shape index (κ1) is 30.2. The number of alkyl halides is 3. The average Bonchev–Trinajstić information content (AvgIpc) is 3.81. The van der Waals surface area contributed by atoms with Crippen molar-refractivity contribution in [1.82, 2.24) is 24.6 Å². The van der Waals surface area contributed by atoms with Crippen molar-refractivity contribution in [3.05, 3.63) is 70.8 Å². The van der Waals surface area contributed by atoms with E-state index >= 15 is 0 Å². The van der Waals surface area contributed by atoms with E-state index in [0.717, 1.165) is 43.0 Å². The summed E-state index contributed by atoms with van der Waals surface area (Å²) in [5.74, 6) is -1.42. The molecule has 4 heterocycles. The second-order valence-electron chi connectivity index (χ2n) is 11.3. The number of nitrogens with two attached hydrogens (primary N) is 1. The molecule has 0 radical (unpaired) electrons. The van der Waals surface area contributed by atoms with Crippen LogP contribution in [0.15, 0.2) is 37.1 Å². The number of carbonyl (C=O) groups excluding carboxylic acids is 3. The third-order valence-corrected chi connectivity index (χ3v) is 8.45. The van der Waals surface area contributed by atoms with Gasteiger partial charge in [0.2, 0.25) is 5.91 Å². The first-order valence-electron chi connectivity index (χ1n) is 14.5. The zero-order valence-corrected chi connectivity index (χ0v) is 24.7. The van der Waals surface area contributed by atoms with E-state index in [0.29, 0.717) is 42.4 Å². The molecule has 2 aliphatic heterocycles. The van der Waals surface area contributed by atoms with Crippen molar-refractivity contribution in [2.24, 2.45) is 0 Å². The van der Waals surface area contributed by atoms with Crippen molar-refractivity contribution in [2.45, 2.75) is 50.7 Å². The molecule has 2 N–H and O–H groups in total. The summed E-state index contributed by atoms with van der Waals surface area (Å²) in [5, 5.41) is 4.91. The molecule has 0 spiro atoms. The smallest absolute Gasteiger partial charge is 0.437 e. The lowest BCUT2D eigenvalue weighted by molar-refractivity contribution is -0.142. The molecule has 1 unspecified atom stereocenters. The van der Waals surface area contributed by atoms with Crippen LogP contribution < -0.4 is 15.2 Å². The summed E-state index contributed by atoms with van der Waals surface area (Å²) in [6, 6.07) is 5.01. The molecule has 2 aromatic heterocycles. The number of pyridine rings is 1. The number of rotatable bonds is 6. The van der Waals surface area contributed by atoms with E-state index in [-0.39, 0.29) is 24.6 Å². The van der Waals surface area contributed by atoms with Gasteiger partial charge < -0.3 is 25.0 Å². The van der Waals surface area contributed by atoms with Crippen molar-refractivity contribution in [3.8, 4) is 17.2 Å². The Kier molecular flexibility index (Phi) is 7.53.